The van der Waals surface area contributed by atoms with Gasteiger partial charge in [0.1, 0.15) is 0 Å². The molecule has 1 atom stereocenters. The smallest absolute Gasteiger partial charge is 0.335 e. The lowest BCUT2D eigenvalue weighted by Gasteiger charge is -2.36. The van der Waals surface area contributed by atoms with Crippen molar-refractivity contribution in [3.05, 3.63) is 28.2 Å². The Balaban J connectivity index is 2.44. The number of hydrogen-bond acceptors (Lipinski definition) is 4. The molecule has 1 aliphatic rings. The van der Waals surface area contributed by atoms with Crippen LogP contribution in [0.1, 0.15) is 30.1 Å². The third-order valence-electron chi connectivity index (χ3n) is 3.44. The highest BCUT2D eigenvalue weighted by Gasteiger charge is 2.36. The molecule has 1 heterocycles. The van der Waals surface area contributed by atoms with Gasteiger partial charge in [-0.1, -0.05) is 0 Å². The molecule has 1 unspecified atom stereocenters. The van der Waals surface area contributed by atoms with E-state index in [1.54, 1.807) is 6.92 Å². The third-order valence-corrected chi connectivity index (χ3v) is 6.27. The average molecular weight is 378 g/mol. The molecule has 0 saturated carbocycles. The molecule has 0 radical (unpaired) electrons. The Hall–Kier alpha value is -0.960. The van der Waals surface area contributed by atoms with E-state index in [2.05, 4.69) is 15.9 Å². The van der Waals surface area contributed by atoms with Crippen molar-refractivity contribution in [2.24, 2.45) is 0 Å². The van der Waals surface area contributed by atoms with Gasteiger partial charge in [-0.2, -0.15) is 4.31 Å². The minimum atomic E-state index is -3.86. The van der Waals surface area contributed by atoms with Crippen LogP contribution in [-0.4, -0.2) is 47.6 Å². The SMILES string of the molecule is CC1(O)CCCN(S(=O)(=O)c2cc(C(=O)O)ccc2Br)C1. The Morgan fingerprint density at radius 2 is 2.10 bits per heavy atom. The molecule has 0 aliphatic carbocycles. The van der Waals surface area contributed by atoms with Gasteiger partial charge in [-0.25, -0.2) is 13.2 Å². The molecule has 116 valence electrons. The van der Waals surface area contributed by atoms with Crippen molar-refractivity contribution in [2.45, 2.75) is 30.3 Å². The number of benzene rings is 1. The van der Waals surface area contributed by atoms with Crippen molar-refractivity contribution in [3.8, 4) is 0 Å². The van der Waals surface area contributed by atoms with Crippen LogP contribution in [0.3, 0.4) is 0 Å². The molecule has 0 spiro atoms. The molecule has 0 bridgehead atoms. The number of carboxylic acid groups (broad SMARTS) is 1. The quantitative estimate of drug-likeness (QED) is 0.835. The Kier molecular flexibility index (Phi) is 4.44. The molecule has 2 rings (SSSR count). The summed E-state index contributed by atoms with van der Waals surface area (Å²) in [6, 6.07) is 3.86. The Morgan fingerprint density at radius 1 is 1.43 bits per heavy atom. The standard InChI is InChI=1S/C13H16BrNO5S/c1-13(18)5-2-6-15(8-13)21(19,20)11-7-9(12(16)17)3-4-10(11)14/h3-4,7,18H,2,5-6,8H2,1H3,(H,16,17). The summed E-state index contributed by atoms with van der Waals surface area (Å²) in [4.78, 5) is 10.9. The molecule has 8 heteroatoms. The highest BCUT2D eigenvalue weighted by molar-refractivity contribution is 9.10. The fourth-order valence-electron chi connectivity index (χ4n) is 2.35. The van der Waals surface area contributed by atoms with Crippen molar-refractivity contribution in [3.63, 3.8) is 0 Å². The summed E-state index contributed by atoms with van der Waals surface area (Å²) in [5.41, 5.74) is -1.16. The van der Waals surface area contributed by atoms with Crippen LogP contribution in [0.2, 0.25) is 0 Å². The summed E-state index contributed by atoms with van der Waals surface area (Å²) in [6.07, 6.45) is 1.10. The lowest BCUT2D eigenvalue weighted by molar-refractivity contribution is 0.00938. The fourth-order valence-corrected chi connectivity index (χ4v) is 4.90. The number of rotatable bonds is 3. The summed E-state index contributed by atoms with van der Waals surface area (Å²) >= 11 is 3.15. The van der Waals surface area contributed by atoms with Crippen molar-refractivity contribution >= 4 is 31.9 Å². The molecular formula is C13H16BrNO5S. The number of hydrogen-bond donors (Lipinski definition) is 2. The van der Waals surface area contributed by atoms with Gasteiger partial charge in [0.15, 0.2) is 0 Å². The van der Waals surface area contributed by atoms with E-state index in [0.717, 1.165) is 6.07 Å². The number of carboxylic acids is 1. The van der Waals surface area contributed by atoms with Crippen LogP contribution in [0.4, 0.5) is 0 Å². The minimum Gasteiger partial charge on any atom is -0.478 e. The molecule has 0 aromatic heterocycles. The first-order chi connectivity index (χ1) is 9.63. The largest absolute Gasteiger partial charge is 0.478 e. The van der Waals surface area contributed by atoms with Crippen LogP contribution in [0.5, 0.6) is 0 Å². The van der Waals surface area contributed by atoms with Crippen molar-refractivity contribution < 1.29 is 23.4 Å². The summed E-state index contributed by atoms with van der Waals surface area (Å²) in [5.74, 6) is -1.19. The normalized spacial score (nSPS) is 24.0. The van der Waals surface area contributed by atoms with Gasteiger partial charge in [0.05, 0.1) is 16.1 Å². The maximum absolute atomic E-state index is 12.7. The van der Waals surface area contributed by atoms with E-state index in [-0.39, 0.29) is 17.0 Å². The van der Waals surface area contributed by atoms with Crippen LogP contribution in [0.25, 0.3) is 0 Å². The van der Waals surface area contributed by atoms with Crippen molar-refractivity contribution in [2.75, 3.05) is 13.1 Å². The third kappa shape index (κ3) is 3.45. The summed E-state index contributed by atoms with van der Waals surface area (Å²) < 4.78 is 26.8. The summed E-state index contributed by atoms with van der Waals surface area (Å²) in [7, 11) is -3.86. The molecule has 1 fully saturated rings. The lowest BCUT2D eigenvalue weighted by Crippen LogP contribution is -2.48. The molecule has 6 nitrogen and oxygen atoms in total. The Bertz CT molecular complexity index is 671. The number of aliphatic hydroxyl groups is 1. The molecule has 1 aromatic carbocycles. The van der Waals surface area contributed by atoms with Gasteiger partial charge < -0.3 is 10.2 Å². The maximum atomic E-state index is 12.7. The van der Waals surface area contributed by atoms with E-state index in [1.807, 2.05) is 0 Å². The predicted octanol–water partition coefficient (Wildman–Crippen LogP) is 1.68. The van der Waals surface area contributed by atoms with Crippen LogP contribution < -0.4 is 0 Å². The van der Waals surface area contributed by atoms with E-state index in [9.17, 15) is 18.3 Å². The molecule has 21 heavy (non-hydrogen) atoms. The van der Waals surface area contributed by atoms with Gasteiger partial charge in [0.2, 0.25) is 10.0 Å². The van der Waals surface area contributed by atoms with Gasteiger partial charge in [-0.15, -0.1) is 0 Å². The van der Waals surface area contributed by atoms with Crippen LogP contribution in [-0.2, 0) is 10.0 Å². The molecule has 2 N–H and O–H groups in total. The molecule has 1 aliphatic heterocycles. The second-order valence-corrected chi connectivity index (χ2v) is 8.15. The number of halogens is 1. The van der Waals surface area contributed by atoms with E-state index < -0.39 is 21.6 Å². The van der Waals surface area contributed by atoms with E-state index >= 15 is 0 Å². The van der Waals surface area contributed by atoms with Gasteiger partial charge in [-0.3, -0.25) is 0 Å². The minimum absolute atomic E-state index is 0.000920. The molecule has 0 amide bonds. The lowest BCUT2D eigenvalue weighted by atomic mass is 9.97. The van der Waals surface area contributed by atoms with Crippen LogP contribution >= 0.6 is 15.9 Å². The van der Waals surface area contributed by atoms with Gasteiger partial charge in [0.25, 0.3) is 0 Å². The van der Waals surface area contributed by atoms with Crippen molar-refractivity contribution in [1.82, 2.24) is 4.31 Å². The first kappa shape index (κ1) is 16.4. The zero-order chi connectivity index (χ0) is 15.8. The van der Waals surface area contributed by atoms with Crippen LogP contribution in [0, 0.1) is 0 Å². The highest BCUT2D eigenvalue weighted by atomic mass is 79.9. The van der Waals surface area contributed by atoms with Gasteiger partial charge in [0, 0.05) is 17.6 Å². The first-order valence-corrected chi connectivity index (χ1v) is 8.62. The van der Waals surface area contributed by atoms with Crippen molar-refractivity contribution in [1.29, 1.82) is 0 Å². The Morgan fingerprint density at radius 3 is 2.67 bits per heavy atom. The predicted molar refractivity (Wildman–Crippen MR) is 79.7 cm³/mol. The highest BCUT2D eigenvalue weighted by Crippen LogP contribution is 2.30. The monoisotopic (exact) mass is 377 g/mol. The van der Waals surface area contributed by atoms with E-state index in [0.29, 0.717) is 23.9 Å². The van der Waals surface area contributed by atoms with E-state index in [1.165, 1.54) is 16.4 Å². The first-order valence-electron chi connectivity index (χ1n) is 6.39. The van der Waals surface area contributed by atoms with Gasteiger partial charge in [-0.05, 0) is 53.9 Å². The zero-order valence-corrected chi connectivity index (χ0v) is 13.8. The number of aromatic carboxylic acids is 1. The van der Waals surface area contributed by atoms with Gasteiger partial charge >= 0.3 is 5.97 Å². The topological polar surface area (TPSA) is 94.9 Å². The zero-order valence-electron chi connectivity index (χ0n) is 11.4. The molecule has 1 aromatic rings. The summed E-state index contributed by atoms with van der Waals surface area (Å²) in [6.45, 7) is 1.90. The number of piperidine rings is 1. The summed E-state index contributed by atoms with van der Waals surface area (Å²) in [5, 5.41) is 19.1. The number of sulfonamides is 1. The number of carbonyl (C=O) groups is 1. The average Bonchev–Trinajstić information content (AvgIpc) is 2.37. The van der Waals surface area contributed by atoms with Crippen LogP contribution in [0.15, 0.2) is 27.6 Å². The maximum Gasteiger partial charge on any atom is 0.335 e. The molecule has 1 saturated heterocycles. The molecular weight excluding hydrogens is 362 g/mol. The van der Waals surface area contributed by atoms with E-state index in [4.69, 9.17) is 5.11 Å². The fraction of sp³-hybridized carbons (Fsp3) is 0.462. The number of β-amino-alcohol motifs (C(OH)–C–C–N with tert-alkyl or cyclic N) is 1. The second kappa shape index (κ2) is 5.68. The Labute approximate surface area is 131 Å². The second-order valence-electron chi connectivity index (χ2n) is 5.39. The number of nitrogens with zero attached hydrogens (tertiary/aromatic N) is 1.